The van der Waals surface area contributed by atoms with E-state index in [4.69, 9.17) is 5.11 Å². The Labute approximate surface area is 676 Å². The number of nitrogens with one attached hydrogen (secondary N) is 2. The maximum Gasteiger partial charge on any atom is 0.357 e. The fourth-order valence-corrected chi connectivity index (χ4v) is 13.2. The Kier molecular flexibility index (Phi) is 28.2. The standard InChI is InChI=1S/C22H21N3O2.C16H16N2O3.C15H14N2O3.C12H10N2O4.C11H8N2O.C7H7O2.C6H4FNO2/c1-16-10-12-17(13-11-16)23-21(26)9-5-15-25-19-7-3-2-6-18(19)24-14-4-8-20(24)22(25)27;1-21-15(19)9-5-11-18-13-7-3-2-6-12(13)17-10-4-8-14(17)16(18)20;18-14(19)8-4-10-17-12-6-2-1-5-11(12)16-9-3-7-13(16)15(17)20;1-18-12(15)11-7-4-8-13(11)9-5-2-3-6-10(9)14(16)17;14-11-10-6-3-7-13(10)9-5-2-1-4-8(9)12-11;1-9-7(8)6-4-2-3-5-6;7-5-3-1-2-4-6(5)8(9)10/h2-4,6-8,10-14H,5,9,15H2,1H3,(H,23,26);2-4,6-8,10H,5,9,11H2,1H3;1-3,5-7,9H,4,8,10H2,(H,18,19);2-8H,1H3;1-7H,(H,12,14);2,4H,5H2,1H3;1-4H/q;;;;;+1;. The SMILES string of the molecule is COC(=O)C1=CC=[C+]C1.COC(=O)CCCn1c(=O)c2cccn2c2ccccc21.COC(=O)c1cccn1-c1ccccc1[N+](=O)[O-].Cc1ccc(NC(=O)CCCn2c(=O)c3cccn3c3ccccc32)cc1.O=C(O)CCCn1c(=O)c2cccn2c2ccccc21.O=[N+]([O-])c1ccccc1F.O=c1[nH]c2ccccc2n2cccc12. The Morgan fingerprint density at radius 3 is 1.35 bits per heavy atom. The number of nitrogens with zero attached hydrogens (tertiary/aromatic N) is 10. The number of halogens is 1. The quantitative estimate of drug-likeness (QED) is 0.0236. The number of esters is 3. The number of hydrogen-bond donors (Lipinski definition) is 3. The number of carbonyl (C=O) groups is 5. The molecule has 0 atom stereocenters. The molecular weight excluding hydrogens is 1530 g/mol. The first kappa shape index (κ1) is 84.2. The van der Waals surface area contributed by atoms with E-state index in [2.05, 4.69) is 30.6 Å². The second-order valence-electron chi connectivity index (χ2n) is 26.5. The smallest absolute Gasteiger partial charge is 0.357 e. The van der Waals surface area contributed by atoms with Gasteiger partial charge in [-0.3, -0.25) is 53.8 Å². The first-order chi connectivity index (χ1) is 57.6. The fourth-order valence-electron chi connectivity index (χ4n) is 13.2. The summed E-state index contributed by atoms with van der Waals surface area (Å²) in [6.07, 6.45) is 18.4. The lowest BCUT2D eigenvalue weighted by Crippen LogP contribution is -2.23. The third-order valence-corrected chi connectivity index (χ3v) is 18.9. The number of aromatic nitrogens is 9. The molecule has 0 spiro atoms. The molecule has 7 aromatic carbocycles. The van der Waals surface area contributed by atoms with Crippen molar-refractivity contribution in [1.82, 2.24) is 40.9 Å². The Morgan fingerprint density at radius 2 is 0.891 bits per heavy atom. The van der Waals surface area contributed by atoms with Gasteiger partial charge in [-0.2, -0.15) is 4.39 Å². The maximum atomic E-state index is 12.8. The van der Waals surface area contributed by atoms with E-state index in [1.54, 1.807) is 68.4 Å². The van der Waals surface area contributed by atoms with Crippen molar-refractivity contribution in [3.63, 3.8) is 0 Å². The number of fused-ring (bicyclic) bond motifs is 12. The number of allylic oxidation sites excluding steroid dienone is 3. The minimum atomic E-state index is -0.842. The van der Waals surface area contributed by atoms with Crippen LogP contribution in [0.15, 0.2) is 298 Å². The number of aromatic amines is 1. The molecule has 1 aliphatic rings. The van der Waals surface area contributed by atoms with Gasteiger partial charge < -0.3 is 65.5 Å². The summed E-state index contributed by atoms with van der Waals surface area (Å²) in [6, 6.07) is 67.8. The summed E-state index contributed by atoms with van der Waals surface area (Å²) in [5.41, 5.74) is 12.4. The van der Waals surface area contributed by atoms with Crippen LogP contribution < -0.4 is 27.6 Å². The highest BCUT2D eigenvalue weighted by Crippen LogP contribution is 2.26. The van der Waals surface area contributed by atoms with Gasteiger partial charge in [0, 0.05) is 87.7 Å². The van der Waals surface area contributed by atoms with E-state index >= 15 is 0 Å². The molecule has 0 fully saturated rings. The number of rotatable bonds is 18. The second kappa shape index (κ2) is 39.8. The van der Waals surface area contributed by atoms with E-state index < -0.39 is 33.3 Å². The van der Waals surface area contributed by atoms with Crippen molar-refractivity contribution in [1.29, 1.82) is 0 Å². The molecule has 29 nitrogen and oxygen atoms in total. The molecule has 16 aromatic rings. The van der Waals surface area contributed by atoms with Crippen molar-refractivity contribution >= 4 is 113 Å². The van der Waals surface area contributed by atoms with Gasteiger partial charge in [-0.25, -0.2) is 9.59 Å². The van der Waals surface area contributed by atoms with Crippen LogP contribution in [0.25, 0.3) is 71.9 Å². The minimum Gasteiger partial charge on any atom is -0.481 e. The van der Waals surface area contributed by atoms with E-state index in [-0.39, 0.29) is 57.9 Å². The summed E-state index contributed by atoms with van der Waals surface area (Å²) in [5, 5.41) is 32.6. The number of hydrogen-bond acceptors (Lipinski definition) is 16. The Morgan fingerprint density at radius 1 is 0.471 bits per heavy atom. The summed E-state index contributed by atoms with van der Waals surface area (Å²) >= 11 is 0. The van der Waals surface area contributed by atoms with E-state index in [9.17, 15) is 67.8 Å². The van der Waals surface area contributed by atoms with E-state index in [1.165, 1.54) is 44.1 Å². The molecule has 0 saturated heterocycles. The molecule has 119 heavy (non-hydrogen) atoms. The van der Waals surface area contributed by atoms with Crippen LogP contribution in [0.2, 0.25) is 0 Å². The zero-order chi connectivity index (χ0) is 84.7. The van der Waals surface area contributed by atoms with Crippen LogP contribution in [0.5, 0.6) is 0 Å². The van der Waals surface area contributed by atoms with Crippen molar-refractivity contribution in [3.8, 4) is 5.69 Å². The van der Waals surface area contributed by atoms with Crippen molar-refractivity contribution in [3.05, 3.63) is 364 Å². The normalized spacial score (nSPS) is 11.1. The first-order valence-corrected chi connectivity index (χ1v) is 37.3. The van der Waals surface area contributed by atoms with Gasteiger partial charge in [0.1, 0.15) is 39.9 Å². The number of methoxy groups -OCH3 is 3. The van der Waals surface area contributed by atoms with Gasteiger partial charge in [0.25, 0.3) is 27.9 Å². The molecule has 0 unspecified atom stereocenters. The Bertz CT molecular complexity index is 6730. The monoisotopic (exact) mass is 1610 g/mol. The van der Waals surface area contributed by atoms with E-state index in [0.717, 1.165) is 67.5 Å². The average Bonchev–Trinajstić information content (AvgIpc) is 1.72. The molecule has 0 radical (unpaired) electrons. The molecule has 0 saturated carbocycles. The van der Waals surface area contributed by atoms with Crippen LogP contribution in [0.4, 0.5) is 21.5 Å². The number of carboxylic acids is 1. The highest BCUT2D eigenvalue weighted by Gasteiger charge is 2.22. The van der Waals surface area contributed by atoms with Crippen molar-refractivity contribution in [2.75, 3.05) is 26.6 Å². The van der Waals surface area contributed by atoms with E-state index in [1.807, 2.05) is 213 Å². The molecule has 1 aliphatic carbocycles. The number of aliphatic carboxylic acids is 1. The largest absolute Gasteiger partial charge is 0.481 e. The van der Waals surface area contributed by atoms with Gasteiger partial charge in [0.05, 0.1) is 87.5 Å². The minimum absolute atomic E-state index is 0.0300. The zero-order valence-electron chi connectivity index (χ0n) is 64.9. The predicted octanol–water partition coefficient (Wildman–Crippen LogP) is 14.8. The third-order valence-electron chi connectivity index (χ3n) is 18.9. The highest BCUT2D eigenvalue weighted by molar-refractivity contribution is 5.91. The van der Waals surface area contributed by atoms with Crippen molar-refractivity contribution in [2.45, 2.75) is 71.5 Å². The van der Waals surface area contributed by atoms with Gasteiger partial charge in [0.15, 0.2) is 11.6 Å². The maximum absolute atomic E-state index is 12.8. The Hall–Kier alpha value is -15.7. The first-order valence-electron chi connectivity index (χ1n) is 37.3. The topological polar surface area (TPSA) is 353 Å². The number of benzene rings is 7. The number of anilines is 1. The second-order valence-corrected chi connectivity index (χ2v) is 26.5. The number of carboxylic acid groups (broad SMARTS) is 1. The van der Waals surface area contributed by atoms with Gasteiger partial charge >= 0.3 is 29.6 Å². The van der Waals surface area contributed by atoms with Crippen molar-refractivity contribution in [2.24, 2.45) is 0 Å². The number of H-pyrrole nitrogens is 1. The number of nitro benzene ring substituents is 2. The van der Waals surface area contributed by atoms with Crippen LogP contribution in [0.3, 0.4) is 0 Å². The number of ether oxygens (including phenoxy) is 3. The van der Waals surface area contributed by atoms with Crippen LogP contribution in [0, 0.1) is 39.0 Å². The predicted molar refractivity (Wildman–Crippen MR) is 450 cm³/mol. The van der Waals surface area contributed by atoms with Crippen LogP contribution in [-0.2, 0) is 53.0 Å². The number of amides is 1. The number of carbonyl (C=O) groups excluding carboxylic acids is 4. The van der Waals surface area contributed by atoms with Gasteiger partial charge in [-0.15, -0.1) is 0 Å². The molecule has 1 amide bonds. The zero-order valence-corrected chi connectivity index (χ0v) is 64.9. The third kappa shape index (κ3) is 20.3. The van der Waals surface area contributed by atoms with Crippen LogP contribution in [-0.4, -0.2) is 107 Å². The molecule has 0 aliphatic heterocycles. The number of aryl methyl sites for hydroxylation is 4. The lowest BCUT2D eigenvalue weighted by atomic mass is 10.2. The van der Waals surface area contributed by atoms with Gasteiger partial charge in [0.2, 0.25) is 11.7 Å². The Balaban J connectivity index is 0.000000139. The molecular formula is C89H80FN12O17+. The summed E-state index contributed by atoms with van der Waals surface area (Å²) in [6.45, 7) is 3.42. The summed E-state index contributed by atoms with van der Waals surface area (Å²) < 4.78 is 40.3. The number of nitro groups is 2. The number of para-hydroxylation sites is 11. The molecule has 17 rings (SSSR count). The summed E-state index contributed by atoms with van der Waals surface area (Å²) in [7, 11) is 4.01. The lowest BCUT2D eigenvalue weighted by Gasteiger charge is -2.12. The average molecular weight is 1610 g/mol. The van der Waals surface area contributed by atoms with Crippen molar-refractivity contribution < 1.29 is 57.5 Å². The molecule has 604 valence electrons. The molecule has 30 heteroatoms. The van der Waals surface area contributed by atoms with Crippen LogP contribution in [0.1, 0.15) is 61.0 Å². The summed E-state index contributed by atoms with van der Waals surface area (Å²) in [4.78, 5) is 128. The summed E-state index contributed by atoms with van der Waals surface area (Å²) in [5.74, 6) is -2.73. The molecule has 9 aromatic heterocycles. The van der Waals surface area contributed by atoms with Crippen LogP contribution >= 0.6 is 0 Å². The van der Waals surface area contributed by atoms with E-state index in [0.29, 0.717) is 91.5 Å². The molecule has 0 bridgehead atoms. The lowest BCUT2D eigenvalue weighted by molar-refractivity contribution is -0.387. The molecule has 9 heterocycles. The fraction of sp³-hybridized carbons (Fsp3) is 0.157. The van der Waals surface area contributed by atoms with Gasteiger partial charge in [-0.1, -0.05) is 90.5 Å². The highest BCUT2D eigenvalue weighted by atomic mass is 19.1. The molecule has 3 N–H and O–H groups in total. The van der Waals surface area contributed by atoms with Gasteiger partial charge in [-0.05, 0) is 160 Å².